The Morgan fingerprint density at radius 1 is 1.03 bits per heavy atom. The Labute approximate surface area is 203 Å². The minimum Gasteiger partial charge on any atom is -0.359 e. The molecule has 3 aliphatic rings. The van der Waals surface area contributed by atoms with E-state index in [0.29, 0.717) is 5.41 Å². The van der Waals surface area contributed by atoms with E-state index in [1.807, 2.05) is 25.3 Å². The van der Waals surface area contributed by atoms with Gasteiger partial charge in [0, 0.05) is 17.5 Å². The van der Waals surface area contributed by atoms with Crippen LogP contribution < -0.4 is 15.8 Å². The minimum atomic E-state index is 0.464. The number of allylic oxidation sites excluding steroid dienone is 8. The smallest absolute Gasteiger partial charge is 0.0873 e. The van der Waals surface area contributed by atoms with Gasteiger partial charge in [0.2, 0.25) is 0 Å². The zero-order valence-electron chi connectivity index (χ0n) is 20.6. The topological polar surface area (TPSA) is 24.9 Å². The van der Waals surface area contributed by atoms with E-state index < -0.39 is 0 Å². The van der Waals surface area contributed by atoms with Crippen molar-refractivity contribution in [2.24, 2.45) is 5.41 Å². The number of pyridine rings is 1. The predicted octanol–water partition coefficient (Wildman–Crippen LogP) is 6.35. The van der Waals surface area contributed by atoms with Gasteiger partial charge in [-0.25, -0.2) is 0 Å². The molecule has 0 bridgehead atoms. The molecule has 172 valence electrons. The number of rotatable bonds is 4. The van der Waals surface area contributed by atoms with E-state index in [2.05, 4.69) is 86.0 Å². The molecule has 0 fully saturated rings. The van der Waals surface area contributed by atoms with Crippen LogP contribution in [0.1, 0.15) is 62.9 Å². The second kappa shape index (κ2) is 9.46. The zero-order chi connectivity index (χ0) is 23.5. The van der Waals surface area contributed by atoms with E-state index in [1.54, 1.807) is 0 Å². The first-order chi connectivity index (χ1) is 16.5. The summed E-state index contributed by atoms with van der Waals surface area (Å²) in [5.41, 5.74) is 8.75. The Balaban J connectivity index is 1.58. The number of hydrogen-bond acceptors (Lipinski definition) is 2. The van der Waals surface area contributed by atoms with Crippen LogP contribution in [0.5, 0.6) is 0 Å². The summed E-state index contributed by atoms with van der Waals surface area (Å²) in [6.07, 6.45) is 23.8. The molecule has 1 N–H and O–H groups in total. The van der Waals surface area contributed by atoms with Crippen molar-refractivity contribution in [1.29, 1.82) is 0 Å². The van der Waals surface area contributed by atoms with Crippen LogP contribution in [0.3, 0.4) is 0 Å². The van der Waals surface area contributed by atoms with Crippen molar-refractivity contribution in [3.05, 3.63) is 112 Å². The van der Waals surface area contributed by atoms with Crippen molar-refractivity contribution in [2.45, 2.75) is 52.9 Å². The monoisotopic (exact) mass is 446 g/mol. The Bertz CT molecular complexity index is 1380. The minimum absolute atomic E-state index is 0.464. The number of fused-ring (bicyclic) bond motifs is 1. The molecule has 2 aromatic rings. The Hall–Kier alpha value is -3.39. The molecule has 1 aromatic carbocycles. The van der Waals surface area contributed by atoms with Crippen molar-refractivity contribution in [3.63, 3.8) is 0 Å². The molecule has 0 saturated carbocycles. The summed E-state index contributed by atoms with van der Waals surface area (Å²) in [7, 11) is 0. The summed E-state index contributed by atoms with van der Waals surface area (Å²) in [5.74, 6) is 0. The van der Waals surface area contributed by atoms with Crippen molar-refractivity contribution in [1.82, 2.24) is 10.3 Å². The fourth-order valence-corrected chi connectivity index (χ4v) is 5.04. The van der Waals surface area contributed by atoms with Crippen LogP contribution in [0.4, 0.5) is 0 Å². The first-order valence-corrected chi connectivity index (χ1v) is 12.5. The van der Waals surface area contributed by atoms with Crippen LogP contribution >= 0.6 is 0 Å². The Morgan fingerprint density at radius 2 is 1.94 bits per heavy atom. The molecule has 0 saturated heterocycles. The Kier molecular flexibility index (Phi) is 6.24. The molecule has 0 amide bonds. The first kappa shape index (κ1) is 22.4. The van der Waals surface area contributed by atoms with Gasteiger partial charge in [-0.05, 0) is 95.5 Å². The van der Waals surface area contributed by atoms with Crippen LogP contribution in [0, 0.1) is 12.3 Å². The van der Waals surface area contributed by atoms with Crippen molar-refractivity contribution in [3.8, 4) is 0 Å². The zero-order valence-corrected chi connectivity index (χ0v) is 20.6. The number of aromatic nitrogens is 1. The molecule has 2 aliphatic carbocycles. The highest BCUT2D eigenvalue weighted by Gasteiger charge is 2.25. The van der Waals surface area contributed by atoms with Gasteiger partial charge in [-0.15, -0.1) is 0 Å². The molecule has 1 unspecified atom stereocenters. The molecule has 34 heavy (non-hydrogen) atoms. The SMILES string of the molecule is CCC1(C)CC=C(C2=CCC=c3ccc(C4=C(c5cccc(C)n5)NC=CC=C4)cc3=C2)CC1. The third-order valence-electron chi connectivity index (χ3n) is 7.56. The fraction of sp³-hybridized carbons (Fsp3) is 0.281. The maximum atomic E-state index is 4.79. The maximum absolute atomic E-state index is 4.79. The van der Waals surface area contributed by atoms with E-state index in [-0.39, 0.29) is 0 Å². The van der Waals surface area contributed by atoms with Crippen LogP contribution in [0.15, 0.2) is 84.1 Å². The molecule has 1 aromatic heterocycles. The Morgan fingerprint density at radius 3 is 2.74 bits per heavy atom. The van der Waals surface area contributed by atoms with Gasteiger partial charge >= 0.3 is 0 Å². The summed E-state index contributed by atoms with van der Waals surface area (Å²) in [6.45, 7) is 6.79. The first-order valence-electron chi connectivity index (χ1n) is 12.5. The highest BCUT2D eigenvalue weighted by molar-refractivity contribution is 5.95. The van der Waals surface area contributed by atoms with Gasteiger partial charge in [-0.3, -0.25) is 4.98 Å². The molecule has 2 nitrogen and oxygen atoms in total. The fourth-order valence-electron chi connectivity index (χ4n) is 5.04. The van der Waals surface area contributed by atoms with Gasteiger partial charge in [0.15, 0.2) is 0 Å². The highest BCUT2D eigenvalue weighted by atomic mass is 14.9. The molecular formula is C32H34N2. The lowest BCUT2D eigenvalue weighted by atomic mass is 9.73. The van der Waals surface area contributed by atoms with Crippen LogP contribution in [0.2, 0.25) is 0 Å². The predicted molar refractivity (Wildman–Crippen MR) is 145 cm³/mol. The molecule has 2 heteroatoms. The number of aryl methyl sites for hydroxylation is 1. The van der Waals surface area contributed by atoms with Gasteiger partial charge in [0.25, 0.3) is 0 Å². The second-order valence-corrected chi connectivity index (χ2v) is 10.0. The number of hydrogen-bond donors (Lipinski definition) is 1. The van der Waals surface area contributed by atoms with Crippen molar-refractivity contribution >= 4 is 23.4 Å². The average molecular weight is 447 g/mol. The summed E-state index contributed by atoms with van der Waals surface area (Å²) in [6, 6.07) is 13.0. The average Bonchev–Trinajstić information content (AvgIpc) is 3.23. The van der Waals surface area contributed by atoms with Crippen LogP contribution in [-0.2, 0) is 0 Å². The second-order valence-electron chi connectivity index (χ2n) is 10.0. The van der Waals surface area contributed by atoms with Gasteiger partial charge in [-0.1, -0.05) is 68.8 Å². The summed E-state index contributed by atoms with van der Waals surface area (Å²) >= 11 is 0. The maximum Gasteiger partial charge on any atom is 0.0873 e. The third-order valence-corrected chi connectivity index (χ3v) is 7.56. The molecule has 2 heterocycles. The van der Waals surface area contributed by atoms with Crippen LogP contribution in [-0.4, -0.2) is 4.98 Å². The van der Waals surface area contributed by atoms with Gasteiger partial charge in [0.1, 0.15) is 0 Å². The lowest BCUT2D eigenvalue weighted by molar-refractivity contribution is 0.277. The van der Waals surface area contributed by atoms with E-state index in [4.69, 9.17) is 4.98 Å². The normalized spacial score (nSPS) is 21.9. The van der Waals surface area contributed by atoms with E-state index in [0.717, 1.165) is 29.1 Å². The van der Waals surface area contributed by atoms with Gasteiger partial charge in [-0.2, -0.15) is 0 Å². The quantitative estimate of drug-likeness (QED) is 0.592. The molecule has 0 spiro atoms. The van der Waals surface area contributed by atoms with E-state index >= 15 is 0 Å². The van der Waals surface area contributed by atoms with E-state index in [1.165, 1.54) is 52.8 Å². The summed E-state index contributed by atoms with van der Waals surface area (Å²) < 4.78 is 0. The standard InChI is InChI=1S/C32H34N2/c1-4-32(3)18-16-25(17-19-32)26-11-8-10-24-14-15-27(22-28(24)21-26)29-12-5-6-20-33-31(29)30-13-7-9-23(2)34-30/h5-7,9-16,20-22,33H,4,8,17-19H2,1-3H3. The molecule has 0 radical (unpaired) electrons. The largest absolute Gasteiger partial charge is 0.359 e. The number of benzene rings is 1. The van der Waals surface area contributed by atoms with Gasteiger partial charge < -0.3 is 5.32 Å². The van der Waals surface area contributed by atoms with Crippen molar-refractivity contribution in [2.75, 3.05) is 0 Å². The van der Waals surface area contributed by atoms with E-state index in [9.17, 15) is 0 Å². The molecular weight excluding hydrogens is 412 g/mol. The van der Waals surface area contributed by atoms with Crippen molar-refractivity contribution < 1.29 is 0 Å². The van der Waals surface area contributed by atoms with Crippen LogP contribution in [0.25, 0.3) is 23.4 Å². The number of nitrogens with one attached hydrogen (secondary N) is 1. The lowest BCUT2D eigenvalue weighted by Gasteiger charge is -2.32. The molecule has 5 rings (SSSR count). The lowest BCUT2D eigenvalue weighted by Crippen LogP contribution is -2.25. The third kappa shape index (κ3) is 4.63. The number of nitrogens with zero attached hydrogens (tertiary/aromatic N) is 1. The summed E-state index contributed by atoms with van der Waals surface area (Å²) in [4.78, 5) is 4.79. The molecule has 1 atom stereocenters. The highest BCUT2D eigenvalue weighted by Crippen LogP contribution is 2.40. The molecule has 1 aliphatic heterocycles. The summed E-state index contributed by atoms with van der Waals surface area (Å²) in [5, 5.41) is 6.08. The van der Waals surface area contributed by atoms with Gasteiger partial charge in [0.05, 0.1) is 11.4 Å².